The molecule has 0 atom stereocenters. The summed E-state index contributed by atoms with van der Waals surface area (Å²) in [6.07, 6.45) is 4.02. The molecule has 4 aliphatic rings. The van der Waals surface area contributed by atoms with Crippen molar-refractivity contribution >= 4 is 11.9 Å². The highest BCUT2D eigenvalue weighted by molar-refractivity contribution is 5.99. The first-order chi connectivity index (χ1) is 20.9. The fourth-order valence-electron chi connectivity index (χ4n) is 8.82. The molecule has 2 spiro atoms. The second-order valence-electron chi connectivity index (χ2n) is 17.7. The average Bonchev–Trinajstić information content (AvgIpc) is 2.94. The van der Waals surface area contributed by atoms with Crippen molar-refractivity contribution in [2.45, 2.75) is 154 Å². The molecule has 4 fully saturated rings. The number of piperidine rings is 2. The maximum atomic E-state index is 12.9. The van der Waals surface area contributed by atoms with Gasteiger partial charge in [0.15, 0.2) is 11.6 Å². The van der Waals surface area contributed by atoms with Crippen molar-refractivity contribution < 1.29 is 38.7 Å². The lowest BCUT2D eigenvalue weighted by Crippen LogP contribution is -2.67. The van der Waals surface area contributed by atoms with Crippen molar-refractivity contribution in [1.82, 2.24) is 9.80 Å². The summed E-state index contributed by atoms with van der Waals surface area (Å²) < 4.78 is 26.4. The van der Waals surface area contributed by atoms with E-state index in [4.69, 9.17) is 18.9 Å². The Morgan fingerprint density at radius 2 is 0.783 bits per heavy atom. The second-order valence-corrected chi connectivity index (χ2v) is 17.7. The number of hydrogen-bond acceptors (Lipinski definition) is 8. The van der Waals surface area contributed by atoms with Crippen molar-refractivity contribution in [2.24, 2.45) is 10.8 Å². The maximum absolute atomic E-state index is 12.9. The minimum absolute atomic E-state index is 0.0450. The predicted octanol–water partition coefficient (Wildman–Crippen LogP) is 6.08. The minimum Gasteiger partial charge on any atom is -0.478 e. The fraction of sp³-hybridized carbons (Fsp3) is 0.889. The van der Waals surface area contributed by atoms with Gasteiger partial charge in [0.25, 0.3) is 0 Å². The number of carboxylic acid groups (broad SMARTS) is 2. The Labute approximate surface area is 277 Å². The van der Waals surface area contributed by atoms with E-state index in [1.807, 2.05) is 13.8 Å². The van der Waals surface area contributed by atoms with Crippen LogP contribution in [-0.4, -0.2) is 106 Å². The second kappa shape index (κ2) is 12.1. The highest BCUT2D eigenvalue weighted by atomic mass is 16.7. The third-order valence-corrected chi connectivity index (χ3v) is 12.5. The van der Waals surface area contributed by atoms with Gasteiger partial charge in [-0.2, -0.15) is 0 Å². The zero-order chi connectivity index (χ0) is 34.8. The van der Waals surface area contributed by atoms with E-state index >= 15 is 0 Å². The number of hydrogen-bond donors (Lipinski definition) is 2. The highest BCUT2D eigenvalue weighted by Gasteiger charge is 2.57. The first kappa shape index (κ1) is 37.3. The summed E-state index contributed by atoms with van der Waals surface area (Å²) in [5.74, 6) is -3.97. The Bertz CT molecular complexity index is 1070. The van der Waals surface area contributed by atoms with Crippen LogP contribution in [0.1, 0.15) is 121 Å². The molecular formula is C36H62N2O8. The molecule has 0 bridgehead atoms. The van der Waals surface area contributed by atoms with Crippen molar-refractivity contribution in [1.29, 1.82) is 0 Å². The van der Waals surface area contributed by atoms with Crippen LogP contribution in [0.4, 0.5) is 0 Å². The predicted molar refractivity (Wildman–Crippen MR) is 177 cm³/mol. The van der Waals surface area contributed by atoms with E-state index in [9.17, 15) is 19.8 Å². The van der Waals surface area contributed by atoms with Gasteiger partial charge >= 0.3 is 11.9 Å². The van der Waals surface area contributed by atoms with Gasteiger partial charge in [-0.05, 0) is 95.2 Å². The number of ether oxygens (including phenoxy) is 4. The summed E-state index contributed by atoms with van der Waals surface area (Å²) >= 11 is 0. The molecule has 0 aromatic rings. The lowest BCUT2D eigenvalue weighted by Gasteiger charge is -2.60. The molecule has 46 heavy (non-hydrogen) atoms. The van der Waals surface area contributed by atoms with E-state index in [0.717, 1.165) is 0 Å². The van der Waals surface area contributed by atoms with Gasteiger partial charge in [0.1, 0.15) is 0 Å². The smallest absolute Gasteiger partial charge is 0.332 e. The molecule has 4 saturated heterocycles. The normalized spacial score (nSPS) is 29.7. The number of carbonyl (C=O) groups is 2. The summed E-state index contributed by atoms with van der Waals surface area (Å²) in [5.41, 5.74) is -2.14. The summed E-state index contributed by atoms with van der Waals surface area (Å²) in [7, 11) is 4.26. The summed E-state index contributed by atoms with van der Waals surface area (Å²) in [6.45, 7) is 22.7. The zero-order valence-corrected chi connectivity index (χ0v) is 30.7. The lowest BCUT2D eigenvalue weighted by atomic mass is 9.72. The van der Waals surface area contributed by atoms with Crippen LogP contribution in [-0.2, 0) is 28.5 Å². The summed E-state index contributed by atoms with van der Waals surface area (Å²) in [5, 5.41) is 21.0. The van der Waals surface area contributed by atoms with Crippen LogP contribution in [0.5, 0.6) is 0 Å². The van der Waals surface area contributed by atoms with Crippen LogP contribution in [0.3, 0.4) is 0 Å². The minimum atomic E-state index is -1.22. The average molecular weight is 651 g/mol. The van der Waals surface area contributed by atoms with Gasteiger partial charge in [0.05, 0.1) is 26.4 Å². The van der Waals surface area contributed by atoms with Gasteiger partial charge in [-0.1, -0.05) is 13.8 Å². The molecule has 4 aliphatic heterocycles. The van der Waals surface area contributed by atoms with Crippen molar-refractivity contribution in [3.63, 3.8) is 0 Å². The topological polar surface area (TPSA) is 118 Å². The monoisotopic (exact) mass is 650 g/mol. The molecule has 4 rings (SSSR count). The lowest BCUT2D eigenvalue weighted by molar-refractivity contribution is -0.342. The molecule has 264 valence electrons. The molecule has 10 heteroatoms. The molecule has 0 aliphatic carbocycles. The quantitative estimate of drug-likeness (QED) is 0.300. The van der Waals surface area contributed by atoms with E-state index in [0.29, 0.717) is 65.0 Å². The van der Waals surface area contributed by atoms with Crippen LogP contribution in [0, 0.1) is 10.8 Å². The van der Waals surface area contributed by atoms with Crippen molar-refractivity contribution in [3.8, 4) is 0 Å². The number of rotatable bonds is 8. The van der Waals surface area contributed by atoms with E-state index in [1.54, 1.807) is 0 Å². The Kier molecular flexibility index (Phi) is 9.79. The van der Waals surface area contributed by atoms with E-state index in [2.05, 4.69) is 79.3 Å². The number of likely N-dealkylation sites (tertiary alicyclic amines) is 2. The first-order valence-corrected chi connectivity index (χ1v) is 17.1. The SMILES string of the molecule is CCC1(CC(C(=O)O)=C(CC2(CC)COC3(CC(C)(C)N(C)C(C)(C)C3)OC2)C(=O)O)COC2(CC(C)(C)N(C)C(C)(C)C2)OC1. The molecule has 0 saturated carbocycles. The number of aliphatic carboxylic acids is 2. The van der Waals surface area contributed by atoms with Gasteiger partial charge in [-0.15, -0.1) is 0 Å². The maximum Gasteiger partial charge on any atom is 0.332 e. The Morgan fingerprint density at radius 3 is 0.978 bits per heavy atom. The largest absolute Gasteiger partial charge is 0.478 e. The molecule has 10 nitrogen and oxygen atoms in total. The fourth-order valence-corrected chi connectivity index (χ4v) is 8.82. The molecule has 0 amide bonds. The molecule has 0 aromatic heterocycles. The van der Waals surface area contributed by atoms with Crippen molar-refractivity contribution in [2.75, 3.05) is 40.5 Å². The summed E-state index contributed by atoms with van der Waals surface area (Å²) in [6, 6.07) is 0. The third-order valence-electron chi connectivity index (χ3n) is 12.5. The van der Waals surface area contributed by atoms with Gasteiger partial charge in [0.2, 0.25) is 0 Å². The van der Waals surface area contributed by atoms with Crippen LogP contribution in [0.15, 0.2) is 11.1 Å². The van der Waals surface area contributed by atoms with Gasteiger partial charge in [0, 0.05) is 69.8 Å². The molecule has 0 aromatic carbocycles. The molecule has 4 heterocycles. The number of nitrogens with zero attached hydrogens (tertiary/aromatic N) is 2. The summed E-state index contributed by atoms with van der Waals surface area (Å²) in [4.78, 5) is 30.4. The van der Waals surface area contributed by atoms with E-state index in [1.165, 1.54) is 0 Å². The van der Waals surface area contributed by atoms with Crippen LogP contribution >= 0.6 is 0 Å². The zero-order valence-electron chi connectivity index (χ0n) is 30.7. The Morgan fingerprint density at radius 1 is 0.543 bits per heavy atom. The third kappa shape index (κ3) is 6.95. The molecule has 2 N–H and O–H groups in total. The van der Waals surface area contributed by atoms with Gasteiger partial charge in [-0.3, -0.25) is 9.80 Å². The standard InChI is InChI=1S/C36H62N2O8/c1-13-33(21-43-35(44-22-33)17-29(3,4)37(11)30(5,6)18-35)15-25(27(39)40)26(28(41)42)16-34(14-2)23-45-36(46-24-34)19-31(7,8)38(12)32(9,10)20-36/h13-24H2,1-12H3,(H,39,40)(H,41,42). The number of carboxylic acids is 2. The van der Waals surface area contributed by atoms with Gasteiger partial charge in [-0.25, -0.2) is 9.59 Å². The van der Waals surface area contributed by atoms with Crippen LogP contribution in [0.25, 0.3) is 0 Å². The first-order valence-electron chi connectivity index (χ1n) is 17.1. The van der Waals surface area contributed by atoms with Gasteiger partial charge < -0.3 is 29.2 Å². The molecule has 0 radical (unpaired) electrons. The van der Waals surface area contributed by atoms with E-state index in [-0.39, 0.29) is 46.1 Å². The van der Waals surface area contributed by atoms with Crippen LogP contribution < -0.4 is 0 Å². The molecule has 0 unspecified atom stereocenters. The van der Waals surface area contributed by atoms with E-state index < -0.39 is 34.3 Å². The Balaban J connectivity index is 1.57. The molecular weight excluding hydrogens is 588 g/mol. The Hall–Kier alpha value is -1.56. The van der Waals surface area contributed by atoms with Crippen LogP contribution in [0.2, 0.25) is 0 Å². The highest BCUT2D eigenvalue weighted by Crippen LogP contribution is 2.52. The van der Waals surface area contributed by atoms with Crippen molar-refractivity contribution in [3.05, 3.63) is 11.1 Å².